The SMILES string of the molecule is CC(C(=O)NC(N)=O)S(=O)c1cc(Br)ccc1N. The predicted octanol–water partition coefficient (Wildman–Crippen LogP) is 0.722. The third-order valence-electron chi connectivity index (χ3n) is 2.13. The molecule has 98 valence electrons. The molecule has 6 nitrogen and oxygen atoms in total. The van der Waals surface area contributed by atoms with E-state index in [9.17, 15) is 13.8 Å². The molecule has 5 N–H and O–H groups in total. The molecule has 0 aromatic heterocycles. The molecule has 0 bridgehead atoms. The zero-order valence-electron chi connectivity index (χ0n) is 9.48. The van der Waals surface area contributed by atoms with Gasteiger partial charge in [-0.2, -0.15) is 0 Å². The normalized spacial score (nSPS) is 13.7. The number of carbonyl (C=O) groups is 2. The van der Waals surface area contributed by atoms with Crippen LogP contribution in [-0.4, -0.2) is 21.4 Å². The number of benzene rings is 1. The average Bonchev–Trinajstić information content (AvgIpc) is 2.29. The maximum Gasteiger partial charge on any atom is 0.318 e. The molecule has 1 aromatic rings. The van der Waals surface area contributed by atoms with Gasteiger partial charge in [0.05, 0.1) is 15.7 Å². The first-order valence-electron chi connectivity index (χ1n) is 4.89. The lowest BCUT2D eigenvalue weighted by atomic mass is 10.3. The van der Waals surface area contributed by atoms with E-state index in [1.165, 1.54) is 6.92 Å². The van der Waals surface area contributed by atoms with Crippen molar-refractivity contribution >= 4 is 44.4 Å². The highest BCUT2D eigenvalue weighted by Crippen LogP contribution is 2.23. The lowest BCUT2D eigenvalue weighted by Crippen LogP contribution is -2.42. The van der Waals surface area contributed by atoms with Crippen LogP contribution in [0.5, 0.6) is 0 Å². The van der Waals surface area contributed by atoms with Crippen molar-refractivity contribution in [3.63, 3.8) is 0 Å². The van der Waals surface area contributed by atoms with Crippen LogP contribution in [0.3, 0.4) is 0 Å². The van der Waals surface area contributed by atoms with E-state index in [-0.39, 0.29) is 0 Å². The Morgan fingerprint density at radius 2 is 2.06 bits per heavy atom. The smallest absolute Gasteiger partial charge is 0.318 e. The minimum atomic E-state index is -1.67. The molecule has 2 unspecified atom stereocenters. The fourth-order valence-electron chi connectivity index (χ4n) is 1.19. The molecule has 0 spiro atoms. The molecule has 0 fully saturated rings. The fraction of sp³-hybridized carbons (Fsp3) is 0.200. The van der Waals surface area contributed by atoms with Gasteiger partial charge in [-0.15, -0.1) is 0 Å². The predicted molar refractivity (Wildman–Crippen MR) is 72.2 cm³/mol. The number of primary amides is 1. The summed E-state index contributed by atoms with van der Waals surface area (Å²) < 4.78 is 12.8. The van der Waals surface area contributed by atoms with Crippen molar-refractivity contribution in [1.29, 1.82) is 0 Å². The monoisotopic (exact) mass is 333 g/mol. The van der Waals surface area contributed by atoms with Crippen LogP contribution in [0, 0.1) is 0 Å². The third kappa shape index (κ3) is 3.54. The maximum atomic E-state index is 12.1. The van der Waals surface area contributed by atoms with Gasteiger partial charge < -0.3 is 11.5 Å². The van der Waals surface area contributed by atoms with Crippen molar-refractivity contribution in [2.75, 3.05) is 5.73 Å². The van der Waals surface area contributed by atoms with E-state index in [2.05, 4.69) is 15.9 Å². The van der Waals surface area contributed by atoms with Crippen molar-refractivity contribution in [1.82, 2.24) is 5.32 Å². The molecule has 18 heavy (non-hydrogen) atoms. The first-order valence-corrected chi connectivity index (χ1v) is 6.89. The molecule has 2 atom stereocenters. The highest BCUT2D eigenvalue weighted by molar-refractivity contribution is 9.10. The summed E-state index contributed by atoms with van der Waals surface area (Å²) in [5, 5.41) is 0.946. The summed E-state index contributed by atoms with van der Waals surface area (Å²) in [6.07, 6.45) is 0. The number of hydrogen-bond acceptors (Lipinski definition) is 4. The van der Waals surface area contributed by atoms with Gasteiger partial charge in [-0.05, 0) is 25.1 Å². The van der Waals surface area contributed by atoms with Gasteiger partial charge in [0.1, 0.15) is 5.25 Å². The van der Waals surface area contributed by atoms with E-state index >= 15 is 0 Å². The lowest BCUT2D eigenvalue weighted by molar-refractivity contribution is -0.119. The quantitative estimate of drug-likeness (QED) is 0.707. The molecular weight excluding hydrogens is 322 g/mol. The van der Waals surface area contributed by atoms with E-state index in [4.69, 9.17) is 11.5 Å². The maximum absolute atomic E-state index is 12.1. The first kappa shape index (κ1) is 14.7. The number of nitrogen functional groups attached to an aromatic ring is 1. The Morgan fingerprint density at radius 1 is 1.44 bits per heavy atom. The van der Waals surface area contributed by atoms with E-state index in [1.54, 1.807) is 18.2 Å². The highest BCUT2D eigenvalue weighted by atomic mass is 79.9. The number of urea groups is 1. The van der Waals surface area contributed by atoms with Crippen LogP contribution in [0.25, 0.3) is 0 Å². The number of hydrogen-bond donors (Lipinski definition) is 3. The number of anilines is 1. The average molecular weight is 334 g/mol. The number of rotatable bonds is 3. The van der Waals surface area contributed by atoms with Crippen LogP contribution in [-0.2, 0) is 15.6 Å². The molecular formula is C10H12BrN3O3S. The Morgan fingerprint density at radius 3 is 2.61 bits per heavy atom. The zero-order valence-corrected chi connectivity index (χ0v) is 11.9. The molecule has 1 rings (SSSR count). The summed E-state index contributed by atoms with van der Waals surface area (Å²) in [5.74, 6) is -0.708. The van der Waals surface area contributed by atoms with Crippen LogP contribution in [0.1, 0.15) is 6.92 Å². The minimum Gasteiger partial charge on any atom is -0.398 e. The van der Waals surface area contributed by atoms with Gasteiger partial charge >= 0.3 is 6.03 Å². The number of amides is 3. The minimum absolute atomic E-state index is 0.315. The van der Waals surface area contributed by atoms with Gasteiger partial charge in [0.2, 0.25) is 5.91 Å². The number of carbonyl (C=O) groups excluding carboxylic acids is 2. The third-order valence-corrected chi connectivity index (χ3v) is 4.27. The number of nitrogens with two attached hydrogens (primary N) is 2. The molecule has 1 aromatic carbocycles. The summed E-state index contributed by atoms with van der Waals surface area (Å²) in [6.45, 7) is 1.43. The van der Waals surface area contributed by atoms with Crippen LogP contribution < -0.4 is 16.8 Å². The summed E-state index contributed by atoms with van der Waals surface area (Å²) in [6, 6.07) is 3.87. The van der Waals surface area contributed by atoms with Gasteiger partial charge in [-0.25, -0.2) is 4.79 Å². The fourth-order valence-corrected chi connectivity index (χ4v) is 2.88. The van der Waals surface area contributed by atoms with E-state index in [1.807, 2.05) is 5.32 Å². The zero-order chi connectivity index (χ0) is 13.9. The van der Waals surface area contributed by atoms with Crippen LogP contribution in [0.2, 0.25) is 0 Å². The van der Waals surface area contributed by atoms with Crippen LogP contribution in [0.4, 0.5) is 10.5 Å². The standard InChI is InChI=1S/C10H12BrN3O3S/c1-5(9(15)14-10(13)16)18(17)8-4-6(11)2-3-7(8)12/h2-5H,12H2,1H3,(H3,13,14,15,16). The second-order valence-corrected chi connectivity index (χ2v) is 6.13. The van der Waals surface area contributed by atoms with Crippen molar-refractivity contribution in [2.45, 2.75) is 17.1 Å². The Bertz CT molecular complexity index is 521. The highest BCUT2D eigenvalue weighted by Gasteiger charge is 2.24. The number of nitrogens with one attached hydrogen (secondary N) is 1. The molecule has 0 radical (unpaired) electrons. The molecule has 0 heterocycles. The van der Waals surface area contributed by atoms with Gasteiger partial charge in [0.15, 0.2) is 0 Å². The lowest BCUT2D eigenvalue weighted by Gasteiger charge is -2.12. The van der Waals surface area contributed by atoms with Gasteiger partial charge in [-0.3, -0.25) is 14.3 Å². The van der Waals surface area contributed by atoms with Crippen LogP contribution in [0.15, 0.2) is 27.6 Å². The molecule has 0 aliphatic rings. The summed E-state index contributed by atoms with van der Waals surface area (Å²) in [7, 11) is -1.67. The van der Waals surface area contributed by atoms with Crippen molar-refractivity contribution in [3.05, 3.63) is 22.7 Å². The van der Waals surface area contributed by atoms with Crippen LogP contribution >= 0.6 is 15.9 Å². The van der Waals surface area contributed by atoms with Crippen molar-refractivity contribution in [2.24, 2.45) is 5.73 Å². The second-order valence-electron chi connectivity index (χ2n) is 3.48. The summed E-state index contributed by atoms with van der Waals surface area (Å²) >= 11 is 3.23. The molecule has 8 heteroatoms. The molecule has 0 aliphatic heterocycles. The van der Waals surface area contributed by atoms with E-state index in [0.29, 0.717) is 15.1 Å². The van der Waals surface area contributed by atoms with E-state index < -0.39 is 28.0 Å². The molecule has 0 saturated heterocycles. The Balaban J connectivity index is 2.96. The Labute approximate surface area is 115 Å². The van der Waals surface area contributed by atoms with Gasteiger partial charge in [0, 0.05) is 10.2 Å². The largest absolute Gasteiger partial charge is 0.398 e. The van der Waals surface area contributed by atoms with Gasteiger partial charge in [0.25, 0.3) is 0 Å². The number of halogens is 1. The Hall–Kier alpha value is -1.41. The first-order chi connectivity index (χ1) is 8.32. The van der Waals surface area contributed by atoms with Crippen molar-refractivity contribution in [3.8, 4) is 0 Å². The molecule has 0 aliphatic carbocycles. The molecule has 0 saturated carbocycles. The van der Waals surface area contributed by atoms with Crippen molar-refractivity contribution < 1.29 is 13.8 Å². The van der Waals surface area contributed by atoms with E-state index in [0.717, 1.165) is 0 Å². The summed E-state index contributed by atoms with van der Waals surface area (Å²) in [5.41, 5.74) is 10.8. The number of imide groups is 1. The topological polar surface area (TPSA) is 115 Å². The summed E-state index contributed by atoms with van der Waals surface area (Å²) in [4.78, 5) is 22.4. The second kappa shape index (κ2) is 5.96. The Kier molecular flexibility index (Phi) is 4.85. The molecule has 3 amide bonds. The van der Waals surface area contributed by atoms with Gasteiger partial charge in [-0.1, -0.05) is 15.9 Å².